The summed E-state index contributed by atoms with van der Waals surface area (Å²) in [6.07, 6.45) is 2.11. The molecule has 0 atom stereocenters. The van der Waals surface area contributed by atoms with Gasteiger partial charge in [-0.05, 0) is 41.8 Å². The first-order valence-corrected chi connectivity index (χ1v) is 12.3. The number of unbranched alkanes of at least 4 members (excludes halogenated alkanes) is 1. The van der Waals surface area contributed by atoms with Crippen LogP contribution >= 0.6 is 0 Å². The molecule has 0 radical (unpaired) electrons. The van der Waals surface area contributed by atoms with Gasteiger partial charge in [-0.25, -0.2) is 9.78 Å². The number of fused-ring (bicyclic) bond motifs is 1. The highest BCUT2D eigenvalue weighted by Crippen LogP contribution is 2.31. The molecule has 4 rings (SSSR count). The SMILES string of the molecule is CCCCc1nc2ccc(N(C)C(=O)CC)cc2n1Cc1ccc(-c2ccccc2OC(=O)O)cc1. The van der Waals surface area contributed by atoms with Crippen LogP contribution < -0.4 is 9.64 Å². The maximum absolute atomic E-state index is 12.3. The second-order valence-electron chi connectivity index (χ2n) is 8.76. The highest BCUT2D eigenvalue weighted by atomic mass is 16.7. The number of amides is 1. The van der Waals surface area contributed by atoms with E-state index >= 15 is 0 Å². The predicted molar refractivity (Wildman–Crippen MR) is 142 cm³/mol. The van der Waals surface area contributed by atoms with Gasteiger partial charge in [0.25, 0.3) is 0 Å². The highest BCUT2D eigenvalue weighted by molar-refractivity contribution is 5.94. The number of benzene rings is 3. The van der Waals surface area contributed by atoms with Crippen molar-refractivity contribution in [1.29, 1.82) is 0 Å². The zero-order valence-electron chi connectivity index (χ0n) is 20.9. The van der Waals surface area contributed by atoms with Gasteiger partial charge in [0.1, 0.15) is 11.6 Å². The summed E-state index contributed by atoms with van der Waals surface area (Å²) in [7, 11) is 1.80. The predicted octanol–water partition coefficient (Wildman–Crippen LogP) is 6.52. The smallest absolute Gasteiger partial charge is 0.449 e. The average Bonchev–Trinajstić information content (AvgIpc) is 3.23. The number of hydrogen-bond acceptors (Lipinski definition) is 4. The topological polar surface area (TPSA) is 84.7 Å². The van der Waals surface area contributed by atoms with Crippen molar-refractivity contribution in [3.05, 3.63) is 78.1 Å². The number of para-hydroxylation sites is 1. The molecule has 0 aliphatic carbocycles. The van der Waals surface area contributed by atoms with Gasteiger partial charge in [-0.1, -0.05) is 62.7 Å². The standard InChI is InChI=1S/C29H31N3O4/c1-4-6-11-27-30-24-17-16-22(31(3)28(33)5-2)18-25(24)32(27)19-20-12-14-21(15-13-20)23-9-7-8-10-26(23)36-29(34)35/h7-10,12-18H,4-6,11,19H2,1-3H3,(H,34,35). The van der Waals surface area contributed by atoms with E-state index in [0.717, 1.165) is 58.5 Å². The lowest BCUT2D eigenvalue weighted by Crippen LogP contribution is -2.25. The van der Waals surface area contributed by atoms with E-state index in [2.05, 4.69) is 11.5 Å². The lowest BCUT2D eigenvalue weighted by atomic mass is 10.0. The molecule has 7 nitrogen and oxygen atoms in total. The van der Waals surface area contributed by atoms with Gasteiger partial charge in [-0.3, -0.25) is 4.79 Å². The van der Waals surface area contributed by atoms with E-state index in [-0.39, 0.29) is 5.91 Å². The average molecular weight is 486 g/mol. The van der Waals surface area contributed by atoms with Gasteiger partial charge in [0, 0.05) is 37.7 Å². The maximum Gasteiger partial charge on any atom is 0.511 e. The lowest BCUT2D eigenvalue weighted by molar-refractivity contribution is -0.118. The number of carbonyl (C=O) groups excluding carboxylic acids is 1. The summed E-state index contributed by atoms with van der Waals surface area (Å²) in [5.74, 6) is 1.39. The molecule has 1 aromatic heterocycles. The first-order valence-electron chi connectivity index (χ1n) is 12.3. The van der Waals surface area contributed by atoms with Gasteiger partial charge in [0.2, 0.25) is 5.91 Å². The van der Waals surface area contributed by atoms with Crippen molar-refractivity contribution in [2.24, 2.45) is 0 Å². The third-order valence-electron chi connectivity index (χ3n) is 6.32. The Morgan fingerprint density at radius 3 is 2.47 bits per heavy atom. The van der Waals surface area contributed by atoms with Gasteiger partial charge < -0.3 is 19.3 Å². The molecule has 0 unspecified atom stereocenters. The zero-order chi connectivity index (χ0) is 25.7. The number of rotatable bonds is 9. The molecule has 7 heteroatoms. The van der Waals surface area contributed by atoms with Gasteiger partial charge >= 0.3 is 6.16 Å². The van der Waals surface area contributed by atoms with Crippen LogP contribution in [0.1, 0.15) is 44.5 Å². The number of imidazole rings is 1. The molecule has 0 aliphatic rings. The molecule has 0 saturated heterocycles. The van der Waals surface area contributed by atoms with Crippen LogP contribution in [-0.2, 0) is 17.8 Å². The van der Waals surface area contributed by atoms with Crippen LogP contribution in [-0.4, -0.2) is 33.8 Å². The monoisotopic (exact) mass is 485 g/mol. The van der Waals surface area contributed by atoms with Crippen molar-refractivity contribution in [3.8, 4) is 16.9 Å². The van der Waals surface area contributed by atoms with Crippen LogP contribution in [0.5, 0.6) is 5.75 Å². The zero-order valence-corrected chi connectivity index (χ0v) is 20.9. The van der Waals surface area contributed by atoms with Gasteiger partial charge in [-0.2, -0.15) is 0 Å². The van der Waals surface area contributed by atoms with E-state index in [1.54, 1.807) is 24.1 Å². The van der Waals surface area contributed by atoms with Crippen LogP contribution in [0.3, 0.4) is 0 Å². The molecule has 0 aliphatic heterocycles. The van der Waals surface area contributed by atoms with E-state index in [1.807, 2.05) is 61.5 Å². The van der Waals surface area contributed by atoms with E-state index in [0.29, 0.717) is 18.7 Å². The number of anilines is 1. The summed E-state index contributed by atoms with van der Waals surface area (Å²) in [5, 5.41) is 9.05. The Morgan fingerprint density at radius 1 is 1.03 bits per heavy atom. The molecule has 0 fully saturated rings. The molecule has 1 amide bonds. The Kier molecular flexibility index (Phi) is 7.68. The fourth-order valence-electron chi connectivity index (χ4n) is 4.31. The van der Waals surface area contributed by atoms with Crippen LogP contribution in [0.15, 0.2) is 66.7 Å². The number of carbonyl (C=O) groups is 2. The summed E-state index contributed by atoms with van der Waals surface area (Å²) in [6.45, 7) is 4.67. The molecular weight excluding hydrogens is 454 g/mol. The minimum Gasteiger partial charge on any atom is -0.449 e. The van der Waals surface area contributed by atoms with Crippen molar-refractivity contribution in [3.63, 3.8) is 0 Å². The van der Waals surface area contributed by atoms with Crippen LogP contribution in [0, 0.1) is 0 Å². The molecule has 0 saturated carbocycles. The van der Waals surface area contributed by atoms with Crippen molar-refractivity contribution in [2.45, 2.75) is 46.1 Å². The normalized spacial score (nSPS) is 11.0. The summed E-state index contributed by atoms with van der Waals surface area (Å²) in [5.41, 5.74) is 5.45. The molecule has 1 N–H and O–H groups in total. The molecule has 36 heavy (non-hydrogen) atoms. The third kappa shape index (κ3) is 5.40. The van der Waals surface area contributed by atoms with E-state index < -0.39 is 6.16 Å². The van der Waals surface area contributed by atoms with Crippen molar-refractivity contribution in [1.82, 2.24) is 9.55 Å². The Labute approximate surface area is 211 Å². The van der Waals surface area contributed by atoms with Crippen molar-refractivity contribution < 1.29 is 19.4 Å². The quantitative estimate of drug-likeness (QED) is 0.215. The maximum atomic E-state index is 12.3. The Morgan fingerprint density at radius 2 is 1.78 bits per heavy atom. The number of hydrogen-bond donors (Lipinski definition) is 1. The summed E-state index contributed by atoms with van der Waals surface area (Å²) in [4.78, 5) is 29.9. The Hall–Kier alpha value is -4.13. The molecule has 1 heterocycles. The Balaban J connectivity index is 1.68. The van der Waals surface area contributed by atoms with Crippen molar-refractivity contribution >= 4 is 28.8 Å². The number of aryl methyl sites for hydroxylation is 1. The first kappa shape index (κ1) is 25.0. The van der Waals surface area contributed by atoms with Crippen LogP contribution in [0.4, 0.5) is 10.5 Å². The van der Waals surface area contributed by atoms with E-state index in [4.69, 9.17) is 14.8 Å². The minimum absolute atomic E-state index is 0.0642. The second kappa shape index (κ2) is 11.1. The van der Waals surface area contributed by atoms with Gasteiger partial charge in [0.05, 0.1) is 11.0 Å². The van der Waals surface area contributed by atoms with E-state index in [9.17, 15) is 9.59 Å². The highest BCUT2D eigenvalue weighted by Gasteiger charge is 2.15. The van der Waals surface area contributed by atoms with Gasteiger partial charge in [-0.15, -0.1) is 0 Å². The van der Waals surface area contributed by atoms with Crippen LogP contribution in [0.2, 0.25) is 0 Å². The second-order valence-corrected chi connectivity index (χ2v) is 8.76. The molecule has 0 spiro atoms. The largest absolute Gasteiger partial charge is 0.511 e. The molecular formula is C29H31N3O4. The fraction of sp³-hybridized carbons (Fsp3) is 0.276. The molecule has 4 aromatic rings. The third-order valence-corrected chi connectivity index (χ3v) is 6.32. The minimum atomic E-state index is -1.34. The fourth-order valence-corrected chi connectivity index (χ4v) is 4.31. The lowest BCUT2D eigenvalue weighted by Gasteiger charge is -2.17. The van der Waals surface area contributed by atoms with Crippen molar-refractivity contribution in [2.75, 3.05) is 11.9 Å². The summed E-state index contributed by atoms with van der Waals surface area (Å²) in [6, 6.07) is 21.1. The summed E-state index contributed by atoms with van der Waals surface area (Å²) >= 11 is 0. The van der Waals surface area contributed by atoms with E-state index in [1.165, 1.54) is 0 Å². The number of carboxylic acid groups (broad SMARTS) is 1. The number of ether oxygens (including phenoxy) is 1. The number of aromatic nitrogens is 2. The Bertz CT molecular complexity index is 1380. The molecule has 186 valence electrons. The molecule has 0 bridgehead atoms. The number of nitrogens with zero attached hydrogens (tertiary/aromatic N) is 3. The first-order chi connectivity index (χ1) is 17.4. The van der Waals surface area contributed by atoms with Crippen LogP contribution in [0.25, 0.3) is 22.2 Å². The molecule has 3 aromatic carbocycles. The van der Waals surface area contributed by atoms with Gasteiger partial charge in [0.15, 0.2) is 0 Å². The summed E-state index contributed by atoms with van der Waals surface area (Å²) < 4.78 is 7.18.